The second-order valence-corrected chi connectivity index (χ2v) is 8.44. The number of hydrogen-bond donors (Lipinski definition) is 1. The molecule has 2 aromatic rings. The average Bonchev–Trinajstić information content (AvgIpc) is 2.75. The van der Waals surface area contributed by atoms with Crippen molar-refractivity contribution in [2.45, 2.75) is 45.8 Å². The van der Waals surface area contributed by atoms with Crippen LogP contribution in [0.25, 0.3) is 0 Å². The highest BCUT2D eigenvalue weighted by Crippen LogP contribution is 2.30. The molecule has 0 aromatic heterocycles. The van der Waals surface area contributed by atoms with Gasteiger partial charge in [0.1, 0.15) is 17.6 Å². The number of carbonyl (C=O) groups excluding carboxylic acids is 2. The average molecular weight is 461 g/mol. The number of nitro benzene ring substituents is 1. The monoisotopic (exact) mass is 461 g/mol. The zero-order valence-corrected chi connectivity index (χ0v) is 19.3. The fraction of sp³-hybridized carbons (Fsp3) is 0.391. The molecule has 0 saturated carbocycles. The van der Waals surface area contributed by atoms with Crippen molar-refractivity contribution >= 4 is 17.5 Å². The van der Waals surface area contributed by atoms with Crippen LogP contribution in [0.3, 0.4) is 0 Å². The van der Waals surface area contributed by atoms with Gasteiger partial charge in [-0.1, -0.05) is 12.1 Å². The van der Waals surface area contributed by atoms with Gasteiger partial charge in [-0.25, -0.2) is 4.39 Å². The molecule has 0 bridgehead atoms. The van der Waals surface area contributed by atoms with E-state index in [0.29, 0.717) is 5.56 Å². The van der Waals surface area contributed by atoms with Gasteiger partial charge in [-0.15, -0.1) is 0 Å². The number of nitro groups is 1. The molecule has 0 unspecified atom stereocenters. The van der Waals surface area contributed by atoms with Gasteiger partial charge in [0.15, 0.2) is 6.61 Å². The highest BCUT2D eigenvalue weighted by atomic mass is 19.1. The molecule has 0 aliphatic heterocycles. The molecule has 9 nitrogen and oxygen atoms in total. The van der Waals surface area contributed by atoms with Crippen LogP contribution in [0, 0.1) is 15.9 Å². The van der Waals surface area contributed by atoms with Crippen molar-refractivity contribution in [2.75, 3.05) is 13.7 Å². The standard InChI is InChI=1S/C23H28FN3O6/c1-15(22(29)25-23(2,3)4)26(13-16-6-8-17(24)9-7-16)21(28)14-33-18-10-11-19(27(30)31)20(12-18)32-5/h6-12,15H,13-14H2,1-5H3,(H,25,29)/t15-/m1/s1. The number of benzene rings is 2. The van der Waals surface area contributed by atoms with E-state index in [2.05, 4.69) is 5.32 Å². The van der Waals surface area contributed by atoms with Crippen LogP contribution in [-0.4, -0.2) is 46.9 Å². The predicted molar refractivity (Wildman–Crippen MR) is 119 cm³/mol. The highest BCUT2D eigenvalue weighted by molar-refractivity contribution is 5.88. The lowest BCUT2D eigenvalue weighted by Gasteiger charge is -2.31. The van der Waals surface area contributed by atoms with Gasteiger partial charge in [0, 0.05) is 24.2 Å². The number of methoxy groups -OCH3 is 1. The SMILES string of the molecule is COc1cc(OCC(=O)N(Cc2ccc(F)cc2)[C@H](C)C(=O)NC(C)(C)C)ccc1[N+](=O)[O-]. The third-order valence-electron chi connectivity index (χ3n) is 4.64. The molecule has 0 fully saturated rings. The second kappa shape index (κ2) is 10.8. The molecule has 10 heteroatoms. The molecular formula is C23H28FN3O6. The van der Waals surface area contributed by atoms with Crippen LogP contribution in [0.1, 0.15) is 33.3 Å². The Hall–Kier alpha value is -3.69. The van der Waals surface area contributed by atoms with E-state index >= 15 is 0 Å². The Morgan fingerprint density at radius 1 is 1.18 bits per heavy atom. The zero-order valence-electron chi connectivity index (χ0n) is 19.3. The van der Waals surface area contributed by atoms with E-state index in [1.54, 1.807) is 6.92 Å². The molecule has 0 aliphatic rings. The summed E-state index contributed by atoms with van der Waals surface area (Å²) < 4.78 is 23.8. The summed E-state index contributed by atoms with van der Waals surface area (Å²) in [7, 11) is 1.29. The van der Waals surface area contributed by atoms with Gasteiger partial charge in [0.2, 0.25) is 11.7 Å². The van der Waals surface area contributed by atoms with E-state index < -0.39 is 34.8 Å². The highest BCUT2D eigenvalue weighted by Gasteiger charge is 2.29. The number of carbonyl (C=O) groups is 2. The van der Waals surface area contributed by atoms with Crippen LogP contribution in [0.15, 0.2) is 42.5 Å². The van der Waals surface area contributed by atoms with E-state index in [1.807, 2.05) is 20.8 Å². The summed E-state index contributed by atoms with van der Waals surface area (Å²) in [6.45, 7) is 6.72. The van der Waals surface area contributed by atoms with Gasteiger partial charge in [0.25, 0.3) is 5.91 Å². The molecule has 178 valence electrons. The van der Waals surface area contributed by atoms with Gasteiger partial charge in [-0.3, -0.25) is 19.7 Å². The van der Waals surface area contributed by atoms with Gasteiger partial charge < -0.3 is 19.7 Å². The molecule has 2 rings (SSSR count). The smallest absolute Gasteiger partial charge is 0.311 e. The molecule has 0 radical (unpaired) electrons. The van der Waals surface area contributed by atoms with E-state index in [0.717, 1.165) is 0 Å². The lowest BCUT2D eigenvalue weighted by atomic mass is 10.1. The summed E-state index contributed by atoms with van der Waals surface area (Å²) in [5, 5.41) is 13.9. The maximum absolute atomic E-state index is 13.3. The minimum absolute atomic E-state index is 0.00830. The van der Waals surface area contributed by atoms with Crippen molar-refractivity contribution < 1.29 is 28.4 Å². The molecule has 0 heterocycles. The zero-order chi connectivity index (χ0) is 24.8. The van der Waals surface area contributed by atoms with E-state index in [1.165, 1.54) is 54.5 Å². The molecule has 2 amide bonds. The summed E-state index contributed by atoms with van der Waals surface area (Å²) in [5.41, 5.74) is -0.0966. The molecular weight excluding hydrogens is 433 g/mol. The first-order chi connectivity index (χ1) is 15.4. The maximum Gasteiger partial charge on any atom is 0.311 e. The van der Waals surface area contributed by atoms with Crippen LogP contribution in [0.2, 0.25) is 0 Å². The number of nitrogens with one attached hydrogen (secondary N) is 1. The van der Waals surface area contributed by atoms with E-state index in [9.17, 15) is 24.1 Å². The number of hydrogen-bond acceptors (Lipinski definition) is 6. The normalized spacial score (nSPS) is 11.9. The molecule has 2 aromatic carbocycles. The van der Waals surface area contributed by atoms with Crippen molar-refractivity contribution in [2.24, 2.45) is 0 Å². The first-order valence-corrected chi connectivity index (χ1v) is 10.2. The Bertz CT molecular complexity index is 1000. The Morgan fingerprint density at radius 2 is 1.82 bits per heavy atom. The van der Waals surface area contributed by atoms with Gasteiger partial charge in [0.05, 0.1) is 12.0 Å². The molecule has 0 spiro atoms. The van der Waals surface area contributed by atoms with Crippen LogP contribution >= 0.6 is 0 Å². The van der Waals surface area contributed by atoms with Crippen molar-refractivity contribution in [3.8, 4) is 11.5 Å². The van der Waals surface area contributed by atoms with Crippen molar-refractivity contribution in [3.05, 3.63) is 64.0 Å². The Balaban J connectivity index is 2.21. The third kappa shape index (κ3) is 7.44. The predicted octanol–water partition coefficient (Wildman–Crippen LogP) is 3.45. The first-order valence-electron chi connectivity index (χ1n) is 10.2. The quantitative estimate of drug-likeness (QED) is 0.452. The molecule has 1 N–H and O–H groups in total. The summed E-state index contributed by atoms with van der Waals surface area (Å²) in [6, 6.07) is 8.66. The van der Waals surface area contributed by atoms with Crippen molar-refractivity contribution in [3.63, 3.8) is 0 Å². The molecule has 0 aliphatic carbocycles. The van der Waals surface area contributed by atoms with Gasteiger partial charge >= 0.3 is 5.69 Å². The topological polar surface area (TPSA) is 111 Å². The van der Waals surface area contributed by atoms with E-state index in [-0.39, 0.29) is 29.6 Å². The second-order valence-electron chi connectivity index (χ2n) is 8.44. The fourth-order valence-corrected chi connectivity index (χ4v) is 2.97. The van der Waals surface area contributed by atoms with Gasteiger partial charge in [-0.05, 0) is 51.5 Å². The lowest BCUT2D eigenvalue weighted by Crippen LogP contribution is -2.53. The maximum atomic E-state index is 13.3. The number of ether oxygens (including phenoxy) is 2. The van der Waals surface area contributed by atoms with Crippen molar-refractivity contribution in [1.82, 2.24) is 10.2 Å². The number of rotatable bonds is 9. The van der Waals surface area contributed by atoms with Crippen LogP contribution in [-0.2, 0) is 16.1 Å². The molecule has 0 saturated heterocycles. The third-order valence-corrected chi connectivity index (χ3v) is 4.64. The Labute approximate surface area is 191 Å². The lowest BCUT2D eigenvalue weighted by molar-refractivity contribution is -0.385. The Kier molecular flexibility index (Phi) is 8.33. The summed E-state index contributed by atoms with van der Waals surface area (Å²) in [5.74, 6) is -1.07. The van der Waals surface area contributed by atoms with Crippen LogP contribution in [0.4, 0.5) is 10.1 Å². The van der Waals surface area contributed by atoms with Gasteiger partial charge in [-0.2, -0.15) is 0 Å². The van der Waals surface area contributed by atoms with Crippen LogP contribution < -0.4 is 14.8 Å². The summed E-state index contributed by atoms with van der Waals surface area (Å²) >= 11 is 0. The number of nitrogens with zero attached hydrogens (tertiary/aromatic N) is 2. The van der Waals surface area contributed by atoms with E-state index in [4.69, 9.17) is 9.47 Å². The first kappa shape index (κ1) is 25.6. The minimum Gasteiger partial charge on any atom is -0.490 e. The fourth-order valence-electron chi connectivity index (χ4n) is 2.97. The summed E-state index contributed by atoms with van der Waals surface area (Å²) in [4.78, 5) is 37.5. The largest absolute Gasteiger partial charge is 0.490 e. The van der Waals surface area contributed by atoms with Crippen LogP contribution in [0.5, 0.6) is 11.5 Å². The minimum atomic E-state index is -0.836. The summed E-state index contributed by atoms with van der Waals surface area (Å²) in [6.07, 6.45) is 0. The molecule has 1 atom stereocenters. The van der Waals surface area contributed by atoms with Crippen molar-refractivity contribution in [1.29, 1.82) is 0 Å². The number of amides is 2. The Morgan fingerprint density at radius 3 is 2.36 bits per heavy atom. The number of halogens is 1. The molecule has 33 heavy (non-hydrogen) atoms.